The standard InChI is InChI=1S/C22H27F2N3O5S/c23-15-2-1-3-16(24)19(15)33(30,31)27-4-5-32-17(11-27)20(28)26-18-13-6-12-7-14(18)10-22(8-12,9-13)21(25)29/h1-3,12-14,17-18H,4-11H2,(H2,25,29)(H,26,28). The van der Waals surface area contributed by atoms with Gasteiger partial charge in [0.2, 0.25) is 15.9 Å². The molecule has 3 atom stereocenters. The van der Waals surface area contributed by atoms with Gasteiger partial charge in [-0.25, -0.2) is 17.2 Å². The van der Waals surface area contributed by atoms with Crippen LogP contribution in [-0.2, 0) is 24.3 Å². The number of halogens is 2. The third kappa shape index (κ3) is 3.74. The van der Waals surface area contributed by atoms with Crippen molar-refractivity contribution in [2.75, 3.05) is 19.7 Å². The maximum Gasteiger partial charge on any atom is 0.250 e. The molecule has 1 heterocycles. The molecule has 0 spiro atoms. The van der Waals surface area contributed by atoms with Crippen molar-refractivity contribution >= 4 is 21.8 Å². The SMILES string of the molecule is NC(=O)C12CC3CC(C1)C(NC(=O)C1CN(S(=O)(=O)c4c(F)cccc4F)CCO1)C(C3)C2. The number of hydrogen-bond acceptors (Lipinski definition) is 5. The zero-order valence-electron chi connectivity index (χ0n) is 18.0. The first-order valence-electron chi connectivity index (χ1n) is 11.3. The number of hydrogen-bond donors (Lipinski definition) is 2. The molecule has 4 saturated carbocycles. The lowest BCUT2D eigenvalue weighted by Crippen LogP contribution is -2.63. The van der Waals surface area contributed by atoms with Crippen molar-refractivity contribution in [3.8, 4) is 0 Å². The Hall–Kier alpha value is -2.11. The smallest absolute Gasteiger partial charge is 0.250 e. The number of carbonyl (C=O) groups excluding carboxylic acids is 2. The average molecular weight is 484 g/mol. The molecule has 1 aromatic carbocycles. The molecule has 5 fully saturated rings. The van der Waals surface area contributed by atoms with Crippen LogP contribution in [0.3, 0.4) is 0 Å². The average Bonchev–Trinajstić information content (AvgIpc) is 2.75. The zero-order chi connectivity index (χ0) is 23.5. The lowest BCUT2D eigenvalue weighted by atomic mass is 9.47. The van der Waals surface area contributed by atoms with Gasteiger partial charge in [0.15, 0.2) is 4.90 Å². The molecule has 6 rings (SSSR count). The lowest BCUT2D eigenvalue weighted by molar-refractivity contribution is -0.150. The van der Waals surface area contributed by atoms with E-state index in [4.69, 9.17) is 10.5 Å². The van der Waals surface area contributed by atoms with Crippen LogP contribution in [0, 0.1) is 34.8 Å². The first-order chi connectivity index (χ1) is 15.6. The molecular weight excluding hydrogens is 456 g/mol. The Bertz CT molecular complexity index is 1060. The van der Waals surface area contributed by atoms with Crippen LogP contribution in [0.2, 0.25) is 0 Å². The van der Waals surface area contributed by atoms with Crippen LogP contribution in [0.4, 0.5) is 8.78 Å². The summed E-state index contributed by atoms with van der Waals surface area (Å²) in [7, 11) is -4.49. The number of rotatable bonds is 5. The Morgan fingerprint density at radius 3 is 2.36 bits per heavy atom. The first kappa shape index (κ1) is 22.7. The summed E-state index contributed by atoms with van der Waals surface area (Å²) in [4.78, 5) is 24.1. The molecule has 4 aliphatic carbocycles. The van der Waals surface area contributed by atoms with E-state index in [0.717, 1.165) is 41.8 Å². The van der Waals surface area contributed by atoms with Crippen LogP contribution in [0.25, 0.3) is 0 Å². The predicted molar refractivity (Wildman–Crippen MR) is 112 cm³/mol. The van der Waals surface area contributed by atoms with Crippen LogP contribution in [0.5, 0.6) is 0 Å². The van der Waals surface area contributed by atoms with Crippen LogP contribution in [0.15, 0.2) is 23.1 Å². The van der Waals surface area contributed by atoms with Crippen molar-refractivity contribution in [2.24, 2.45) is 28.9 Å². The van der Waals surface area contributed by atoms with Crippen LogP contribution < -0.4 is 11.1 Å². The van der Waals surface area contributed by atoms with Gasteiger partial charge in [-0.15, -0.1) is 0 Å². The van der Waals surface area contributed by atoms with E-state index in [1.165, 1.54) is 0 Å². The van der Waals surface area contributed by atoms with Gasteiger partial charge in [0.1, 0.15) is 17.7 Å². The molecular formula is C22H27F2N3O5S. The molecule has 0 radical (unpaired) electrons. The van der Waals surface area contributed by atoms with Gasteiger partial charge in [-0.1, -0.05) is 6.07 Å². The van der Waals surface area contributed by atoms with Gasteiger partial charge >= 0.3 is 0 Å². The van der Waals surface area contributed by atoms with Crippen molar-refractivity contribution in [3.63, 3.8) is 0 Å². The van der Waals surface area contributed by atoms with E-state index in [9.17, 15) is 26.8 Å². The van der Waals surface area contributed by atoms with Gasteiger partial charge in [-0.2, -0.15) is 4.31 Å². The summed E-state index contributed by atoms with van der Waals surface area (Å²) in [5.41, 5.74) is 5.24. The van der Waals surface area contributed by atoms with Crippen LogP contribution in [0.1, 0.15) is 32.1 Å². The maximum atomic E-state index is 14.1. The fourth-order valence-corrected chi connectivity index (χ4v) is 8.21. The largest absolute Gasteiger partial charge is 0.369 e. The number of amides is 2. The Balaban J connectivity index is 1.29. The van der Waals surface area contributed by atoms with E-state index in [-0.39, 0.29) is 43.5 Å². The quantitative estimate of drug-likeness (QED) is 0.651. The lowest BCUT2D eigenvalue weighted by Gasteiger charge is -2.59. The summed E-state index contributed by atoms with van der Waals surface area (Å²) in [6.45, 7) is -0.521. The Kier molecular flexibility index (Phi) is 5.49. The molecule has 1 aliphatic heterocycles. The number of ether oxygens (including phenoxy) is 1. The van der Waals surface area contributed by atoms with Gasteiger partial charge in [0.25, 0.3) is 5.91 Å². The predicted octanol–water partition coefficient (Wildman–Crippen LogP) is 1.15. The fraction of sp³-hybridized carbons (Fsp3) is 0.636. The van der Waals surface area contributed by atoms with Gasteiger partial charge in [0.05, 0.1) is 6.61 Å². The number of nitrogens with two attached hydrogens (primary N) is 1. The highest BCUT2D eigenvalue weighted by Crippen LogP contribution is 2.59. The van der Waals surface area contributed by atoms with Gasteiger partial charge < -0.3 is 15.8 Å². The number of morpholine rings is 1. The topological polar surface area (TPSA) is 119 Å². The number of nitrogens with one attached hydrogen (secondary N) is 1. The highest BCUT2D eigenvalue weighted by atomic mass is 32.2. The summed E-state index contributed by atoms with van der Waals surface area (Å²) in [6.07, 6.45) is 2.88. The first-order valence-corrected chi connectivity index (χ1v) is 12.7. The zero-order valence-corrected chi connectivity index (χ0v) is 18.8. The van der Waals surface area contributed by atoms with Crippen LogP contribution >= 0.6 is 0 Å². The minimum atomic E-state index is -4.49. The van der Waals surface area contributed by atoms with E-state index < -0.39 is 44.0 Å². The van der Waals surface area contributed by atoms with E-state index in [1.807, 2.05) is 0 Å². The molecule has 33 heavy (non-hydrogen) atoms. The number of sulfonamides is 1. The van der Waals surface area contributed by atoms with Gasteiger partial charge in [-0.05, 0) is 62.0 Å². The molecule has 0 aromatic heterocycles. The van der Waals surface area contributed by atoms with Crippen molar-refractivity contribution in [3.05, 3.63) is 29.8 Å². The highest BCUT2D eigenvalue weighted by Gasteiger charge is 2.58. The monoisotopic (exact) mass is 483 g/mol. The summed E-state index contributed by atoms with van der Waals surface area (Å²) in [5.74, 6) is -2.35. The normalized spacial score (nSPS) is 36.0. The Labute approximate surface area is 190 Å². The Morgan fingerprint density at radius 2 is 1.76 bits per heavy atom. The molecule has 5 aliphatic rings. The molecule has 3 unspecified atom stereocenters. The second kappa shape index (κ2) is 7.99. The van der Waals surface area contributed by atoms with Gasteiger partial charge in [0, 0.05) is 24.5 Å². The summed E-state index contributed by atoms with van der Waals surface area (Å²) in [6, 6.07) is 2.73. The minimum Gasteiger partial charge on any atom is -0.369 e. The number of primary amides is 1. The molecule has 1 aromatic rings. The second-order valence-electron chi connectivity index (χ2n) is 9.92. The number of carbonyl (C=O) groups is 2. The number of nitrogens with zero attached hydrogens (tertiary/aromatic N) is 1. The van der Waals surface area contributed by atoms with Gasteiger partial charge in [-0.3, -0.25) is 9.59 Å². The number of benzene rings is 1. The fourth-order valence-electron chi connectivity index (χ4n) is 6.68. The molecule has 11 heteroatoms. The van der Waals surface area contributed by atoms with E-state index in [1.54, 1.807) is 0 Å². The van der Waals surface area contributed by atoms with Crippen molar-refractivity contribution in [2.45, 2.75) is 49.1 Å². The highest BCUT2D eigenvalue weighted by molar-refractivity contribution is 7.89. The third-order valence-electron chi connectivity index (χ3n) is 7.94. The van der Waals surface area contributed by atoms with Crippen molar-refractivity contribution in [1.82, 2.24) is 9.62 Å². The third-order valence-corrected chi connectivity index (χ3v) is 9.86. The minimum absolute atomic E-state index is 0.0717. The molecule has 1 saturated heterocycles. The Morgan fingerprint density at radius 1 is 1.12 bits per heavy atom. The molecule has 3 N–H and O–H groups in total. The maximum absolute atomic E-state index is 14.1. The van der Waals surface area contributed by atoms with Crippen molar-refractivity contribution in [1.29, 1.82) is 0 Å². The second-order valence-corrected chi connectivity index (χ2v) is 11.8. The summed E-state index contributed by atoms with van der Waals surface area (Å²) < 4.78 is 60.5. The molecule has 2 amide bonds. The summed E-state index contributed by atoms with van der Waals surface area (Å²) in [5, 5.41) is 3.04. The van der Waals surface area contributed by atoms with E-state index >= 15 is 0 Å². The molecule has 8 nitrogen and oxygen atoms in total. The van der Waals surface area contributed by atoms with E-state index in [2.05, 4.69) is 5.32 Å². The molecule has 180 valence electrons. The van der Waals surface area contributed by atoms with Crippen molar-refractivity contribution < 1.29 is 31.5 Å². The van der Waals surface area contributed by atoms with Crippen LogP contribution in [-0.4, -0.2) is 56.4 Å². The van der Waals surface area contributed by atoms with E-state index in [0.29, 0.717) is 18.8 Å². The summed E-state index contributed by atoms with van der Waals surface area (Å²) >= 11 is 0. The molecule has 4 bridgehead atoms.